The molecule has 1 aliphatic rings. The molecule has 2 N–H and O–H groups in total. The molecule has 1 aliphatic heterocycles. The van der Waals surface area contributed by atoms with E-state index in [2.05, 4.69) is 15.5 Å². The molecule has 2 aromatic rings. The lowest BCUT2D eigenvalue weighted by Gasteiger charge is -2.20. The van der Waals surface area contributed by atoms with E-state index in [0.717, 1.165) is 0 Å². The van der Waals surface area contributed by atoms with E-state index >= 15 is 0 Å². The molecule has 2 amide bonds. The van der Waals surface area contributed by atoms with Crippen LogP contribution in [0.1, 0.15) is 30.8 Å². The molecule has 0 aliphatic carbocycles. The van der Waals surface area contributed by atoms with Gasteiger partial charge in [-0.1, -0.05) is 12.1 Å². The van der Waals surface area contributed by atoms with Gasteiger partial charge in [-0.25, -0.2) is 4.79 Å². The van der Waals surface area contributed by atoms with Crippen LogP contribution in [0.5, 0.6) is 5.75 Å². The van der Waals surface area contributed by atoms with Crippen molar-refractivity contribution in [2.24, 2.45) is 5.92 Å². The zero-order valence-electron chi connectivity index (χ0n) is 15.7. The summed E-state index contributed by atoms with van der Waals surface area (Å²) >= 11 is 0. The van der Waals surface area contributed by atoms with Crippen LogP contribution >= 0.6 is 0 Å². The highest BCUT2D eigenvalue weighted by Gasteiger charge is 2.36. The lowest BCUT2D eigenvalue weighted by atomic mass is 10.1. The number of rotatable bonds is 7. The number of H-pyrrole nitrogens is 1. The molecule has 0 radical (unpaired) electrons. The second-order valence-corrected chi connectivity index (χ2v) is 6.18. The number of aromatic amines is 1. The third kappa shape index (κ3) is 4.13. The molecular weight excluding hydrogens is 364 g/mol. The van der Waals surface area contributed by atoms with Gasteiger partial charge in [0.2, 0.25) is 11.8 Å². The third-order valence-corrected chi connectivity index (χ3v) is 4.28. The quantitative estimate of drug-likeness (QED) is 0.704. The van der Waals surface area contributed by atoms with E-state index < -0.39 is 11.9 Å². The largest absolute Gasteiger partial charge is 0.492 e. The summed E-state index contributed by atoms with van der Waals surface area (Å²) in [5, 5.41) is 9.04. The third-order valence-electron chi connectivity index (χ3n) is 4.28. The topological polar surface area (TPSA) is 114 Å². The Morgan fingerprint density at radius 3 is 2.82 bits per heavy atom. The first-order chi connectivity index (χ1) is 13.5. The van der Waals surface area contributed by atoms with E-state index in [4.69, 9.17) is 9.47 Å². The Hall–Kier alpha value is -3.36. The predicted octanol–water partition coefficient (Wildman–Crippen LogP) is 1.98. The van der Waals surface area contributed by atoms with Crippen molar-refractivity contribution in [1.82, 2.24) is 10.2 Å². The highest BCUT2D eigenvalue weighted by atomic mass is 16.5. The molecule has 1 unspecified atom stereocenters. The number of benzene rings is 1. The number of ether oxygens (including phenoxy) is 2. The Morgan fingerprint density at radius 2 is 2.07 bits per heavy atom. The van der Waals surface area contributed by atoms with Gasteiger partial charge in [-0.3, -0.25) is 14.7 Å². The maximum atomic E-state index is 12.6. The molecule has 1 atom stereocenters. The molecule has 28 heavy (non-hydrogen) atoms. The van der Waals surface area contributed by atoms with Gasteiger partial charge in [0.15, 0.2) is 5.82 Å². The first-order valence-electron chi connectivity index (χ1n) is 9.09. The predicted molar refractivity (Wildman–Crippen MR) is 101 cm³/mol. The molecular formula is C19H22N4O5. The minimum Gasteiger partial charge on any atom is -0.492 e. The number of nitrogens with one attached hydrogen (secondary N) is 2. The van der Waals surface area contributed by atoms with Crippen molar-refractivity contribution in [1.29, 1.82) is 0 Å². The van der Waals surface area contributed by atoms with Crippen LogP contribution in [0, 0.1) is 5.92 Å². The van der Waals surface area contributed by atoms with Crippen LogP contribution in [0.25, 0.3) is 0 Å². The summed E-state index contributed by atoms with van der Waals surface area (Å²) in [7, 11) is 0. The number of carbonyl (C=O) groups is 3. The van der Waals surface area contributed by atoms with Crippen molar-refractivity contribution in [2.75, 3.05) is 30.0 Å². The van der Waals surface area contributed by atoms with Crippen molar-refractivity contribution >= 4 is 29.3 Å². The summed E-state index contributed by atoms with van der Waals surface area (Å²) < 4.78 is 10.4. The van der Waals surface area contributed by atoms with Crippen molar-refractivity contribution in [3.63, 3.8) is 0 Å². The average Bonchev–Trinajstić information content (AvgIpc) is 3.29. The number of hydrogen-bond donors (Lipinski definition) is 2. The number of para-hydroxylation sites is 2. The van der Waals surface area contributed by atoms with E-state index in [0.29, 0.717) is 18.0 Å². The molecule has 2 heterocycles. The van der Waals surface area contributed by atoms with Gasteiger partial charge in [-0.2, -0.15) is 5.10 Å². The lowest BCUT2D eigenvalue weighted by molar-refractivity contribution is -0.122. The maximum absolute atomic E-state index is 12.6. The van der Waals surface area contributed by atoms with Gasteiger partial charge < -0.3 is 19.7 Å². The summed E-state index contributed by atoms with van der Waals surface area (Å²) in [6.07, 6.45) is 0.0848. The van der Waals surface area contributed by atoms with Gasteiger partial charge in [-0.05, 0) is 26.0 Å². The lowest BCUT2D eigenvalue weighted by Crippen LogP contribution is -2.28. The van der Waals surface area contributed by atoms with Gasteiger partial charge in [0.1, 0.15) is 11.4 Å². The second kappa shape index (κ2) is 8.55. The first kappa shape index (κ1) is 19.4. The van der Waals surface area contributed by atoms with Crippen LogP contribution in [0.4, 0.5) is 11.5 Å². The monoisotopic (exact) mass is 386 g/mol. The Labute approximate surface area is 162 Å². The molecule has 3 rings (SSSR count). The van der Waals surface area contributed by atoms with Crippen molar-refractivity contribution < 1.29 is 23.9 Å². The van der Waals surface area contributed by atoms with Crippen LogP contribution in [0.2, 0.25) is 0 Å². The molecule has 1 aromatic carbocycles. The molecule has 1 fully saturated rings. The number of nitrogens with zero attached hydrogens (tertiary/aromatic N) is 2. The van der Waals surface area contributed by atoms with Gasteiger partial charge in [-0.15, -0.1) is 0 Å². The molecule has 0 bridgehead atoms. The SMILES string of the molecule is CCOC(=O)c1cc(NC(=O)C2CC(=O)N(c3ccccc3OCC)C2)n[nH]1. The summed E-state index contributed by atoms with van der Waals surface area (Å²) in [5.41, 5.74) is 0.793. The van der Waals surface area contributed by atoms with Crippen LogP contribution in [0.3, 0.4) is 0 Å². The van der Waals surface area contributed by atoms with Crippen molar-refractivity contribution in [3.05, 3.63) is 36.0 Å². The van der Waals surface area contributed by atoms with Gasteiger partial charge >= 0.3 is 5.97 Å². The smallest absolute Gasteiger partial charge is 0.356 e. The van der Waals surface area contributed by atoms with Crippen LogP contribution in [-0.2, 0) is 14.3 Å². The van der Waals surface area contributed by atoms with E-state index in [1.807, 2.05) is 19.1 Å². The summed E-state index contributed by atoms with van der Waals surface area (Å²) in [4.78, 5) is 38.3. The number of esters is 1. The molecule has 9 nitrogen and oxygen atoms in total. The molecule has 9 heteroatoms. The second-order valence-electron chi connectivity index (χ2n) is 6.18. The average molecular weight is 386 g/mol. The van der Waals surface area contributed by atoms with Crippen LogP contribution in [0.15, 0.2) is 30.3 Å². The molecule has 0 spiro atoms. The molecule has 1 saturated heterocycles. The van der Waals surface area contributed by atoms with Crippen molar-refractivity contribution in [3.8, 4) is 5.75 Å². The Balaban J connectivity index is 1.67. The summed E-state index contributed by atoms with van der Waals surface area (Å²) in [6.45, 7) is 4.52. The van der Waals surface area contributed by atoms with Crippen LogP contribution < -0.4 is 15.0 Å². The molecule has 1 aromatic heterocycles. The van der Waals surface area contributed by atoms with E-state index in [1.165, 1.54) is 6.07 Å². The summed E-state index contributed by atoms with van der Waals surface area (Å²) in [5.74, 6) is -0.775. The number of hydrogen-bond acceptors (Lipinski definition) is 6. The minimum atomic E-state index is -0.551. The van der Waals surface area contributed by atoms with Crippen molar-refractivity contribution in [2.45, 2.75) is 20.3 Å². The van der Waals surface area contributed by atoms with E-state index in [-0.39, 0.29) is 42.9 Å². The zero-order valence-corrected chi connectivity index (χ0v) is 15.7. The fourth-order valence-corrected chi connectivity index (χ4v) is 3.00. The van der Waals surface area contributed by atoms with Gasteiger partial charge in [0.25, 0.3) is 0 Å². The first-order valence-corrected chi connectivity index (χ1v) is 9.09. The number of anilines is 2. The number of aromatic nitrogens is 2. The zero-order chi connectivity index (χ0) is 20.1. The number of carbonyl (C=O) groups excluding carboxylic acids is 3. The highest BCUT2D eigenvalue weighted by Crippen LogP contribution is 2.33. The highest BCUT2D eigenvalue weighted by molar-refractivity contribution is 6.04. The van der Waals surface area contributed by atoms with E-state index in [1.54, 1.807) is 24.0 Å². The Kier molecular flexibility index (Phi) is 5.93. The molecule has 148 valence electrons. The maximum Gasteiger partial charge on any atom is 0.356 e. The Bertz CT molecular complexity index is 879. The fourth-order valence-electron chi connectivity index (χ4n) is 3.00. The molecule has 0 saturated carbocycles. The Morgan fingerprint density at radius 1 is 1.29 bits per heavy atom. The van der Waals surface area contributed by atoms with Gasteiger partial charge in [0.05, 0.1) is 24.8 Å². The van der Waals surface area contributed by atoms with Crippen LogP contribution in [-0.4, -0.2) is 47.7 Å². The standard InChI is InChI=1S/C19H22N4O5/c1-3-27-15-8-6-5-7-14(15)23-11-12(9-17(23)24)18(25)20-16-10-13(21-22-16)19(26)28-4-2/h5-8,10,12H,3-4,9,11H2,1-2H3,(H2,20,21,22,25). The normalized spacial score (nSPS) is 16.1. The number of amides is 2. The van der Waals surface area contributed by atoms with Gasteiger partial charge in [0, 0.05) is 19.0 Å². The fraction of sp³-hybridized carbons (Fsp3) is 0.368. The van der Waals surface area contributed by atoms with E-state index in [9.17, 15) is 14.4 Å². The minimum absolute atomic E-state index is 0.0848. The summed E-state index contributed by atoms with van der Waals surface area (Å²) in [6, 6.07) is 8.63.